The van der Waals surface area contributed by atoms with Crippen LogP contribution in [-0.2, 0) is 9.53 Å². The Morgan fingerprint density at radius 1 is 1.44 bits per heavy atom. The fourth-order valence-electron chi connectivity index (χ4n) is 4.10. The van der Waals surface area contributed by atoms with Gasteiger partial charge in [-0.05, 0) is 50.0 Å². The molecular weight excluding hydrogens is 224 g/mol. The van der Waals surface area contributed by atoms with Crippen molar-refractivity contribution in [3.63, 3.8) is 0 Å². The van der Waals surface area contributed by atoms with Gasteiger partial charge < -0.3 is 4.74 Å². The van der Waals surface area contributed by atoms with E-state index in [-0.39, 0.29) is 16.8 Å². The standard InChI is InChI=1S/C16H24O2/c1-11-7-8-13-15(3,12(11)2)9-6-10-16(13,4)14(17)18-5/h7,13H,2,6,8-10H2,1,3-5H3. The Bertz CT molecular complexity index is 421. The fourth-order valence-corrected chi connectivity index (χ4v) is 4.10. The topological polar surface area (TPSA) is 26.3 Å². The highest BCUT2D eigenvalue weighted by Gasteiger charge is 2.55. The van der Waals surface area contributed by atoms with Gasteiger partial charge >= 0.3 is 5.97 Å². The van der Waals surface area contributed by atoms with E-state index in [1.54, 1.807) is 0 Å². The molecule has 0 aromatic heterocycles. The normalized spacial score (nSPS) is 39.9. The van der Waals surface area contributed by atoms with Crippen LogP contribution in [0.2, 0.25) is 0 Å². The molecule has 0 amide bonds. The molecule has 0 radical (unpaired) electrons. The van der Waals surface area contributed by atoms with Gasteiger partial charge in [0.25, 0.3) is 0 Å². The maximum atomic E-state index is 12.2. The first-order chi connectivity index (χ1) is 8.36. The number of carbonyl (C=O) groups excluding carboxylic acids is 1. The van der Waals surface area contributed by atoms with Crippen molar-refractivity contribution >= 4 is 5.97 Å². The molecule has 3 unspecified atom stereocenters. The molecule has 1 fully saturated rings. The molecule has 2 nitrogen and oxygen atoms in total. The Kier molecular flexibility index (Phi) is 3.16. The van der Waals surface area contributed by atoms with Gasteiger partial charge in [0.2, 0.25) is 0 Å². The lowest BCUT2D eigenvalue weighted by Gasteiger charge is -2.53. The Morgan fingerprint density at radius 3 is 2.72 bits per heavy atom. The van der Waals surface area contributed by atoms with Gasteiger partial charge in [-0.3, -0.25) is 4.79 Å². The van der Waals surface area contributed by atoms with E-state index in [0.29, 0.717) is 5.92 Å². The summed E-state index contributed by atoms with van der Waals surface area (Å²) in [6.45, 7) is 10.8. The summed E-state index contributed by atoms with van der Waals surface area (Å²) in [4.78, 5) is 12.2. The van der Waals surface area contributed by atoms with Crippen molar-refractivity contribution < 1.29 is 9.53 Å². The van der Waals surface area contributed by atoms with Crippen LogP contribution in [0.25, 0.3) is 0 Å². The number of methoxy groups -OCH3 is 1. The third-order valence-electron chi connectivity index (χ3n) is 5.41. The van der Waals surface area contributed by atoms with Crippen LogP contribution in [0.3, 0.4) is 0 Å². The molecule has 100 valence electrons. The molecule has 0 saturated heterocycles. The van der Waals surface area contributed by atoms with Crippen LogP contribution in [0.5, 0.6) is 0 Å². The zero-order valence-electron chi connectivity index (χ0n) is 12.0. The van der Waals surface area contributed by atoms with Crippen molar-refractivity contribution in [1.82, 2.24) is 0 Å². The fraction of sp³-hybridized carbons (Fsp3) is 0.688. The Hall–Kier alpha value is -1.05. The average Bonchev–Trinajstić information content (AvgIpc) is 2.34. The van der Waals surface area contributed by atoms with Gasteiger partial charge in [-0.1, -0.05) is 31.6 Å². The number of carbonyl (C=O) groups is 1. The molecule has 2 heteroatoms. The van der Waals surface area contributed by atoms with Crippen LogP contribution in [0, 0.1) is 16.7 Å². The van der Waals surface area contributed by atoms with Crippen molar-refractivity contribution in [2.45, 2.75) is 46.5 Å². The largest absolute Gasteiger partial charge is 0.469 e. The highest BCUT2D eigenvalue weighted by Crippen LogP contribution is 2.59. The van der Waals surface area contributed by atoms with E-state index in [1.165, 1.54) is 18.3 Å². The Balaban J connectivity index is 2.45. The van der Waals surface area contributed by atoms with Crippen molar-refractivity contribution in [3.8, 4) is 0 Å². The SMILES string of the molecule is C=C1C(C)=CCC2C1(C)CCCC2(C)C(=O)OC. The zero-order valence-corrected chi connectivity index (χ0v) is 12.0. The van der Waals surface area contributed by atoms with Gasteiger partial charge in [-0.25, -0.2) is 0 Å². The molecule has 0 spiro atoms. The second-order valence-electron chi connectivity index (χ2n) is 6.33. The Labute approximate surface area is 110 Å². The van der Waals surface area contributed by atoms with Crippen molar-refractivity contribution in [3.05, 3.63) is 23.8 Å². The number of rotatable bonds is 1. The number of allylic oxidation sites excluding steroid dienone is 3. The van der Waals surface area contributed by atoms with Crippen LogP contribution in [-0.4, -0.2) is 13.1 Å². The monoisotopic (exact) mass is 248 g/mol. The highest BCUT2D eigenvalue weighted by atomic mass is 16.5. The molecule has 18 heavy (non-hydrogen) atoms. The average molecular weight is 248 g/mol. The van der Waals surface area contributed by atoms with Gasteiger partial charge in [0.05, 0.1) is 12.5 Å². The Morgan fingerprint density at radius 2 is 2.11 bits per heavy atom. The summed E-state index contributed by atoms with van der Waals surface area (Å²) in [5, 5.41) is 0. The number of fused-ring (bicyclic) bond motifs is 1. The lowest BCUT2D eigenvalue weighted by atomic mass is 9.50. The summed E-state index contributed by atoms with van der Waals surface area (Å²) in [6.07, 6.45) is 6.34. The van der Waals surface area contributed by atoms with Gasteiger partial charge in [0.1, 0.15) is 0 Å². The summed E-state index contributed by atoms with van der Waals surface area (Å²) in [5.41, 5.74) is 2.21. The number of hydrogen-bond acceptors (Lipinski definition) is 2. The first-order valence-electron chi connectivity index (χ1n) is 6.81. The minimum atomic E-state index is -0.359. The maximum Gasteiger partial charge on any atom is 0.311 e. The minimum Gasteiger partial charge on any atom is -0.469 e. The second kappa shape index (κ2) is 4.25. The van der Waals surface area contributed by atoms with E-state index < -0.39 is 0 Å². The maximum absolute atomic E-state index is 12.2. The van der Waals surface area contributed by atoms with Gasteiger partial charge in [-0.2, -0.15) is 0 Å². The summed E-state index contributed by atoms with van der Waals surface area (Å²) >= 11 is 0. The van der Waals surface area contributed by atoms with Crippen LogP contribution in [0.15, 0.2) is 23.8 Å². The molecule has 0 aliphatic heterocycles. The van der Waals surface area contributed by atoms with Crippen LogP contribution in [0.4, 0.5) is 0 Å². The van der Waals surface area contributed by atoms with Crippen LogP contribution >= 0.6 is 0 Å². The molecule has 2 aliphatic rings. The summed E-state index contributed by atoms with van der Waals surface area (Å²) in [6, 6.07) is 0. The smallest absolute Gasteiger partial charge is 0.311 e. The van der Waals surface area contributed by atoms with E-state index in [9.17, 15) is 4.79 Å². The van der Waals surface area contributed by atoms with Crippen LogP contribution < -0.4 is 0 Å². The van der Waals surface area contributed by atoms with Crippen molar-refractivity contribution in [1.29, 1.82) is 0 Å². The lowest BCUT2D eigenvalue weighted by molar-refractivity contribution is -0.162. The summed E-state index contributed by atoms with van der Waals surface area (Å²) in [7, 11) is 1.50. The third kappa shape index (κ3) is 1.65. The highest BCUT2D eigenvalue weighted by molar-refractivity contribution is 5.77. The molecule has 0 N–H and O–H groups in total. The minimum absolute atomic E-state index is 0.0556. The van der Waals surface area contributed by atoms with E-state index in [2.05, 4.69) is 33.4 Å². The van der Waals surface area contributed by atoms with Gasteiger partial charge in [0.15, 0.2) is 0 Å². The predicted octanol–water partition coefficient (Wildman–Crippen LogP) is 3.88. The van der Waals surface area contributed by atoms with E-state index in [0.717, 1.165) is 25.7 Å². The molecule has 0 aromatic carbocycles. The number of hydrogen-bond donors (Lipinski definition) is 0. The number of ether oxygens (including phenoxy) is 1. The first-order valence-corrected chi connectivity index (χ1v) is 6.81. The predicted molar refractivity (Wildman–Crippen MR) is 73.1 cm³/mol. The first kappa shape index (κ1) is 13.4. The molecule has 3 atom stereocenters. The summed E-state index contributed by atoms with van der Waals surface area (Å²) < 4.78 is 5.06. The molecule has 1 saturated carbocycles. The van der Waals surface area contributed by atoms with E-state index >= 15 is 0 Å². The quantitative estimate of drug-likeness (QED) is 0.658. The molecule has 0 aromatic rings. The van der Waals surface area contributed by atoms with Crippen LogP contribution in [0.1, 0.15) is 46.5 Å². The third-order valence-corrected chi connectivity index (χ3v) is 5.41. The van der Waals surface area contributed by atoms with E-state index in [4.69, 9.17) is 4.74 Å². The molecule has 2 rings (SSSR count). The summed E-state index contributed by atoms with van der Waals surface area (Å²) in [5.74, 6) is 0.265. The molecule has 2 aliphatic carbocycles. The zero-order chi connectivity index (χ0) is 13.6. The van der Waals surface area contributed by atoms with E-state index in [1.807, 2.05) is 0 Å². The molecular formula is C16H24O2. The van der Waals surface area contributed by atoms with Gasteiger partial charge in [0, 0.05) is 0 Å². The lowest BCUT2D eigenvalue weighted by Crippen LogP contribution is -2.50. The van der Waals surface area contributed by atoms with Gasteiger partial charge in [-0.15, -0.1) is 0 Å². The second-order valence-corrected chi connectivity index (χ2v) is 6.33. The van der Waals surface area contributed by atoms with Crippen molar-refractivity contribution in [2.24, 2.45) is 16.7 Å². The molecule has 0 bridgehead atoms. The van der Waals surface area contributed by atoms with Crippen molar-refractivity contribution in [2.75, 3.05) is 7.11 Å². The molecule has 0 heterocycles. The number of esters is 1.